The minimum atomic E-state index is -3.66. The minimum absolute atomic E-state index is 0.0739. The third-order valence-electron chi connectivity index (χ3n) is 4.73. The zero-order valence-corrected chi connectivity index (χ0v) is 17.3. The highest BCUT2D eigenvalue weighted by Gasteiger charge is 2.32. The van der Waals surface area contributed by atoms with E-state index in [4.69, 9.17) is 0 Å². The molecule has 3 rings (SSSR count). The van der Waals surface area contributed by atoms with E-state index in [1.165, 1.54) is 0 Å². The van der Waals surface area contributed by atoms with Crippen molar-refractivity contribution in [1.29, 1.82) is 0 Å². The normalized spacial score (nSPS) is 14.2. The molecule has 1 aliphatic rings. The molecule has 0 fully saturated rings. The van der Waals surface area contributed by atoms with Gasteiger partial charge in [-0.05, 0) is 55.7 Å². The summed E-state index contributed by atoms with van der Waals surface area (Å²) in [6, 6.07) is 10.6. The quantitative estimate of drug-likeness (QED) is 0.866. The Morgan fingerprint density at radius 1 is 1.07 bits per heavy atom. The van der Waals surface area contributed by atoms with Gasteiger partial charge in [0.15, 0.2) is 0 Å². The van der Waals surface area contributed by atoms with E-state index in [1.54, 1.807) is 30.0 Å². The highest BCUT2D eigenvalue weighted by Crippen LogP contribution is 2.34. The van der Waals surface area contributed by atoms with Crippen molar-refractivity contribution in [3.63, 3.8) is 0 Å². The van der Waals surface area contributed by atoms with Crippen molar-refractivity contribution in [1.82, 2.24) is 0 Å². The fourth-order valence-electron chi connectivity index (χ4n) is 3.39. The molecular weight excluding hydrogens is 360 g/mol. The molecule has 0 atom stereocenters. The molecule has 1 aliphatic heterocycles. The number of nitrogens with one attached hydrogen (secondary N) is 1. The average Bonchev–Trinajstić information content (AvgIpc) is 2.95. The predicted molar refractivity (Wildman–Crippen MR) is 109 cm³/mol. The van der Waals surface area contributed by atoms with Crippen LogP contribution in [0.3, 0.4) is 0 Å². The summed E-state index contributed by atoms with van der Waals surface area (Å²) in [5.74, 6) is 0.0739. The molecule has 27 heavy (non-hydrogen) atoms. The van der Waals surface area contributed by atoms with Gasteiger partial charge >= 0.3 is 0 Å². The second-order valence-electron chi connectivity index (χ2n) is 8.17. The fourth-order valence-corrected chi connectivity index (χ4v) is 4.67. The molecular formula is C21H26N2O3S. The standard InChI is InChI=1S/C21H26N2O3S/c1-14-6-9-19(15(2)12-14)27(25,26)22-17-7-8-18-16(13-17)10-11-23(18)20(24)21(3,4)5/h6-9,12-13,22H,10-11H2,1-5H3. The Kier molecular flexibility index (Phi) is 4.80. The Morgan fingerprint density at radius 2 is 1.78 bits per heavy atom. The van der Waals surface area contributed by atoms with E-state index in [2.05, 4.69) is 4.72 Å². The van der Waals surface area contributed by atoms with Crippen LogP contribution >= 0.6 is 0 Å². The van der Waals surface area contributed by atoms with Crippen LogP contribution in [0.4, 0.5) is 11.4 Å². The number of hydrogen-bond acceptors (Lipinski definition) is 3. The van der Waals surface area contributed by atoms with Gasteiger partial charge in [-0.3, -0.25) is 9.52 Å². The number of carbonyl (C=O) groups is 1. The highest BCUT2D eigenvalue weighted by molar-refractivity contribution is 7.92. The van der Waals surface area contributed by atoms with Gasteiger partial charge in [0.2, 0.25) is 5.91 Å². The molecule has 144 valence electrons. The number of fused-ring (bicyclic) bond motifs is 1. The Labute approximate surface area is 161 Å². The Bertz CT molecular complexity index is 1000. The molecule has 2 aromatic carbocycles. The first-order chi connectivity index (χ1) is 12.5. The van der Waals surface area contributed by atoms with E-state index in [-0.39, 0.29) is 10.8 Å². The third-order valence-corrected chi connectivity index (χ3v) is 6.28. The van der Waals surface area contributed by atoms with E-state index in [1.807, 2.05) is 45.9 Å². The molecule has 0 aliphatic carbocycles. The maximum atomic E-state index is 12.8. The van der Waals surface area contributed by atoms with E-state index in [0.717, 1.165) is 23.2 Å². The van der Waals surface area contributed by atoms with Gasteiger partial charge in [-0.15, -0.1) is 0 Å². The number of rotatable bonds is 3. The summed E-state index contributed by atoms with van der Waals surface area (Å²) in [7, 11) is -3.66. The lowest BCUT2D eigenvalue weighted by Crippen LogP contribution is -2.38. The molecule has 0 saturated carbocycles. The zero-order chi connectivity index (χ0) is 20.0. The number of anilines is 2. The Hall–Kier alpha value is -2.34. The van der Waals surface area contributed by atoms with Gasteiger partial charge in [0, 0.05) is 23.3 Å². The first-order valence-electron chi connectivity index (χ1n) is 9.04. The monoisotopic (exact) mass is 386 g/mol. The largest absolute Gasteiger partial charge is 0.311 e. The molecule has 2 aromatic rings. The summed E-state index contributed by atoms with van der Waals surface area (Å²) in [6.07, 6.45) is 0.719. The molecule has 0 spiro atoms. The van der Waals surface area contributed by atoms with Crippen LogP contribution in [-0.4, -0.2) is 20.9 Å². The molecule has 0 unspecified atom stereocenters. The van der Waals surface area contributed by atoms with Crippen molar-refractivity contribution in [3.8, 4) is 0 Å². The maximum Gasteiger partial charge on any atom is 0.262 e. The van der Waals surface area contributed by atoms with Gasteiger partial charge in [0.1, 0.15) is 0 Å². The van der Waals surface area contributed by atoms with Crippen molar-refractivity contribution in [2.75, 3.05) is 16.2 Å². The minimum Gasteiger partial charge on any atom is -0.311 e. The van der Waals surface area contributed by atoms with Crippen LogP contribution in [0.1, 0.15) is 37.5 Å². The van der Waals surface area contributed by atoms with Crippen LogP contribution in [-0.2, 0) is 21.2 Å². The van der Waals surface area contributed by atoms with Crippen molar-refractivity contribution in [2.45, 2.75) is 45.9 Å². The number of sulfonamides is 1. The Morgan fingerprint density at radius 3 is 2.41 bits per heavy atom. The molecule has 0 bridgehead atoms. The van der Waals surface area contributed by atoms with Crippen LogP contribution in [0.15, 0.2) is 41.3 Å². The summed E-state index contributed by atoms with van der Waals surface area (Å²) in [4.78, 5) is 14.7. The van der Waals surface area contributed by atoms with Crippen molar-refractivity contribution < 1.29 is 13.2 Å². The van der Waals surface area contributed by atoms with Crippen LogP contribution in [0.5, 0.6) is 0 Å². The van der Waals surface area contributed by atoms with Crippen LogP contribution in [0, 0.1) is 19.3 Å². The molecule has 5 nitrogen and oxygen atoms in total. The third kappa shape index (κ3) is 3.86. The lowest BCUT2D eigenvalue weighted by atomic mass is 9.94. The first kappa shape index (κ1) is 19.4. The average molecular weight is 387 g/mol. The molecule has 0 aromatic heterocycles. The summed E-state index contributed by atoms with van der Waals surface area (Å²) in [6.45, 7) is 10.1. The zero-order valence-electron chi connectivity index (χ0n) is 16.5. The number of benzene rings is 2. The van der Waals surface area contributed by atoms with Crippen LogP contribution in [0.25, 0.3) is 0 Å². The summed E-state index contributed by atoms with van der Waals surface area (Å²) in [5, 5.41) is 0. The smallest absolute Gasteiger partial charge is 0.262 e. The van der Waals surface area contributed by atoms with E-state index < -0.39 is 15.4 Å². The number of amides is 1. The number of hydrogen-bond donors (Lipinski definition) is 1. The molecule has 6 heteroatoms. The van der Waals surface area contributed by atoms with Gasteiger partial charge < -0.3 is 4.90 Å². The second-order valence-corrected chi connectivity index (χ2v) is 9.83. The molecule has 0 radical (unpaired) electrons. The molecule has 1 N–H and O–H groups in total. The van der Waals surface area contributed by atoms with Crippen LogP contribution < -0.4 is 9.62 Å². The highest BCUT2D eigenvalue weighted by atomic mass is 32.2. The number of nitrogens with zero attached hydrogens (tertiary/aromatic N) is 1. The summed E-state index contributed by atoms with van der Waals surface area (Å²) in [5.41, 5.74) is 3.64. The molecule has 1 heterocycles. The van der Waals surface area contributed by atoms with Crippen LogP contribution in [0.2, 0.25) is 0 Å². The van der Waals surface area contributed by atoms with Gasteiger partial charge in [0.05, 0.1) is 4.90 Å². The van der Waals surface area contributed by atoms with Crippen molar-refractivity contribution >= 4 is 27.3 Å². The lowest BCUT2D eigenvalue weighted by Gasteiger charge is -2.26. The summed E-state index contributed by atoms with van der Waals surface area (Å²) >= 11 is 0. The SMILES string of the molecule is Cc1ccc(S(=O)(=O)Nc2ccc3c(c2)CCN3C(=O)C(C)(C)C)c(C)c1. The predicted octanol–water partition coefficient (Wildman–Crippen LogP) is 4.04. The van der Waals surface area contributed by atoms with E-state index >= 15 is 0 Å². The van der Waals surface area contributed by atoms with Gasteiger partial charge in [-0.25, -0.2) is 8.42 Å². The van der Waals surface area contributed by atoms with Crippen molar-refractivity contribution in [2.24, 2.45) is 5.41 Å². The number of carbonyl (C=O) groups excluding carboxylic acids is 1. The van der Waals surface area contributed by atoms with Gasteiger partial charge in [-0.2, -0.15) is 0 Å². The molecule has 0 saturated heterocycles. The van der Waals surface area contributed by atoms with Gasteiger partial charge in [0.25, 0.3) is 10.0 Å². The van der Waals surface area contributed by atoms with E-state index in [9.17, 15) is 13.2 Å². The number of aryl methyl sites for hydroxylation is 2. The van der Waals surface area contributed by atoms with Gasteiger partial charge in [-0.1, -0.05) is 38.5 Å². The second kappa shape index (κ2) is 6.68. The topological polar surface area (TPSA) is 66.5 Å². The maximum absolute atomic E-state index is 12.8. The summed E-state index contributed by atoms with van der Waals surface area (Å²) < 4.78 is 28.2. The fraction of sp³-hybridized carbons (Fsp3) is 0.381. The van der Waals surface area contributed by atoms with E-state index in [0.29, 0.717) is 17.8 Å². The lowest BCUT2D eigenvalue weighted by molar-refractivity contribution is -0.125. The Balaban J connectivity index is 1.87. The first-order valence-corrected chi connectivity index (χ1v) is 10.5. The molecule has 1 amide bonds. The van der Waals surface area contributed by atoms with Crippen molar-refractivity contribution in [3.05, 3.63) is 53.1 Å².